The van der Waals surface area contributed by atoms with Crippen molar-refractivity contribution < 1.29 is 13.5 Å². The number of hydrogen-bond acceptors (Lipinski definition) is 1. The molecule has 0 radical (unpaired) electrons. The lowest BCUT2D eigenvalue weighted by atomic mass is 9.97. The first-order valence-electron chi connectivity index (χ1n) is 15.0. The second kappa shape index (κ2) is 15.4. The number of ether oxygens (including phenoxy) is 1. The first-order chi connectivity index (χ1) is 19.6. The van der Waals surface area contributed by atoms with Gasteiger partial charge in [0.05, 0.1) is 6.61 Å². The number of rotatable bonds is 15. The van der Waals surface area contributed by atoms with Gasteiger partial charge in [0.15, 0.2) is 11.6 Å². The van der Waals surface area contributed by atoms with Crippen molar-refractivity contribution in [2.24, 2.45) is 0 Å². The molecule has 0 saturated heterocycles. The van der Waals surface area contributed by atoms with Gasteiger partial charge in [-0.25, -0.2) is 4.39 Å². The highest BCUT2D eigenvalue weighted by molar-refractivity contribution is 5.73. The van der Waals surface area contributed by atoms with Gasteiger partial charge in [-0.05, 0) is 64.8 Å². The molecule has 4 aromatic carbocycles. The number of unbranched alkanes of at least 4 members (excludes halogenated alkanes) is 7. The molecular weight excluding hydrogens is 498 g/mol. The Hall–Kier alpha value is -3.46. The van der Waals surface area contributed by atoms with Crippen LogP contribution < -0.4 is 4.74 Å². The Morgan fingerprint density at radius 3 is 1.52 bits per heavy atom. The second-order valence-corrected chi connectivity index (χ2v) is 10.7. The molecule has 0 bridgehead atoms. The predicted molar refractivity (Wildman–Crippen MR) is 165 cm³/mol. The number of benzene rings is 4. The zero-order valence-corrected chi connectivity index (χ0v) is 24.0. The summed E-state index contributed by atoms with van der Waals surface area (Å²) >= 11 is 0. The van der Waals surface area contributed by atoms with E-state index < -0.39 is 11.6 Å². The fourth-order valence-electron chi connectivity index (χ4n) is 5.07. The van der Waals surface area contributed by atoms with Crippen LogP contribution in [0.15, 0.2) is 84.9 Å². The molecule has 40 heavy (non-hydrogen) atoms. The Morgan fingerprint density at radius 1 is 0.475 bits per heavy atom. The van der Waals surface area contributed by atoms with Crippen molar-refractivity contribution in [1.82, 2.24) is 0 Å². The molecule has 0 spiro atoms. The SMILES string of the molecule is CCCCCCCCOc1ccc(-c2ccc(-c3ccc(-c4ccc(CCCCC)cc4)cc3)cc2)c(F)c1F. The Balaban J connectivity index is 1.36. The molecule has 0 aliphatic carbocycles. The van der Waals surface area contributed by atoms with Crippen LogP contribution in [0.25, 0.3) is 33.4 Å². The molecule has 0 aromatic heterocycles. The molecule has 0 aliphatic heterocycles. The van der Waals surface area contributed by atoms with E-state index in [2.05, 4.69) is 62.4 Å². The van der Waals surface area contributed by atoms with E-state index >= 15 is 0 Å². The standard InChI is InChI=1S/C37H42F2O/c1-3-5-7-8-9-11-27-40-35-26-25-34(36(38)37(35)39)33-23-21-32(22-24-33)31-19-17-30(18-20-31)29-15-13-28(14-16-29)12-10-6-4-2/h13-26H,3-12,27H2,1-2H3. The maximum Gasteiger partial charge on any atom is 0.201 e. The third-order valence-electron chi connectivity index (χ3n) is 7.57. The van der Waals surface area contributed by atoms with E-state index in [1.165, 1.54) is 61.3 Å². The third-order valence-corrected chi connectivity index (χ3v) is 7.57. The molecule has 3 heteroatoms. The quantitative estimate of drug-likeness (QED) is 0.136. The molecule has 0 amide bonds. The van der Waals surface area contributed by atoms with E-state index in [-0.39, 0.29) is 11.3 Å². The molecule has 0 fully saturated rings. The molecule has 0 heterocycles. The molecule has 0 unspecified atom stereocenters. The van der Waals surface area contributed by atoms with Gasteiger partial charge in [0.2, 0.25) is 5.82 Å². The Kier molecular flexibility index (Phi) is 11.3. The van der Waals surface area contributed by atoms with E-state index in [9.17, 15) is 8.78 Å². The molecule has 4 aromatic rings. The average Bonchev–Trinajstić information content (AvgIpc) is 2.99. The van der Waals surface area contributed by atoms with Crippen molar-refractivity contribution >= 4 is 0 Å². The monoisotopic (exact) mass is 540 g/mol. The van der Waals surface area contributed by atoms with Gasteiger partial charge in [0, 0.05) is 5.56 Å². The van der Waals surface area contributed by atoms with Crippen molar-refractivity contribution in [2.75, 3.05) is 6.61 Å². The number of aryl methyl sites for hydroxylation is 1. The highest BCUT2D eigenvalue weighted by Gasteiger charge is 2.16. The van der Waals surface area contributed by atoms with Gasteiger partial charge in [-0.3, -0.25) is 0 Å². The minimum Gasteiger partial charge on any atom is -0.490 e. The molecule has 0 atom stereocenters. The van der Waals surface area contributed by atoms with Gasteiger partial charge in [-0.15, -0.1) is 0 Å². The third kappa shape index (κ3) is 8.03. The minimum atomic E-state index is -0.919. The van der Waals surface area contributed by atoms with E-state index in [0.717, 1.165) is 36.8 Å². The van der Waals surface area contributed by atoms with Crippen molar-refractivity contribution in [2.45, 2.75) is 78.1 Å². The van der Waals surface area contributed by atoms with Crippen LogP contribution in [0.5, 0.6) is 5.75 Å². The van der Waals surface area contributed by atoms with Crippen LogP contribution in [0.4, 0.5) is 8.78 Å². The molecule has 4 rings (SSSR count). The molecular formula is C37H42F2O. The van der Waals surface area contributed by atoms with Gasteiger partial charge in [0.25, 0.3) is 0 Å². The normalized spacial score (nSPS) is 11.1. The molecule has 0 N–H and O–H groups in total. The molecule has 0 aliphatic rings. The molecule has 210 valence electrons. The van der Waals surface area contributed by atoms with Crippen LogP contribution in [0.1, 0.15) is 77.2 Å². The summed E-state index contributed by atoms with van der Waals surface area (Å²) in [4.78, 5) is 0. The van der Waals surface area contributed by atoms with E-state index in [1.54, 1.807) is 6.07 Å². The average molecular weight is 541 g/mol. The van der Waals surface area contributed by atoms with Crippen LogP contribution in [0.3, 0.4) is 0 Å². The van der Waals surface area contributed by atoms with E-state index in [4.69, 9.17) is 4.74 Å². The summed E-state index contributed by atoms with van der Waals surface area (Å²) in [5.74, 6) is -1.80. The summed E-state index contributed by atoms with van der Waals surface area (Å²) in [7, 11) is 0. The second-order valence-electron chi connectivity index (χ2n) is 10.7. The van der Waals surface area contributed by atoms with Crippen LogP contribution in [0.2, 0.25) is 0 Å². The summed E-state index contributed by atoms with van der Waals surface area (Å²) in [5.41, 5.74) is 6.76. The first-order valence-corrected chi connectivity index (χ1v) is 15.0. The summed E-state index contributed by atoms with van der Waals surface area (Å²) in [6, 6.07) is 28.1. The van der Waals surface area contributed by atoms with Crippen molar-refractivity contribution in [3.05, 3.63) is 102 Å². The van der Waals surface area contributed by atoms with Crippen molar-refractivity contribution in [3.63, 3.8) is 0 Å². The Morgan fingerprint density at radius 2 is 0.950 bits per heavy atom. The summed E-state index contributed by atoms with van der Waals surface area (Å²) in [6.45, 7) is 4.82. The fourth-order valence-corrected chi connectivity index (χ4v) is 5.07. The van der Waals surface area contributed by atoms with Gasteiger partial charge < -0.3 is 4.74 Å². The lowest BCUT2D eigenvalue weighted by Gasteiger charge is -2.11. The van der Waals surface area contributed by atoms with Crippen molar-refractivity contribution in [3.8, 4) is 39.1 Å². The maximum atomic E-state index is 14.9. The van der Waals surface area contributed by atoms with Gasteiger partial charge in [-0.1, -0.05) is 132 Å². The fraction of sp³-hybridized carbons (Fsp3) is 0.351. The summed E-state index contributed by atoms with van der Waals surface area (Å²) in [5, 5.41) is 0. The minimum absolute atomic E-state index is 0.0161. The first kappa shape index (κ1) is 29.5. The Labute approximate surface area is 239 Å². The Bertz CT molecular complexity index is 1310. The van der Waals surface area contributed by atoms with E-state index in [0.29, 0.717) is 12.2 Å². The number of hydrogen-bond donors (Lipinski definition) is 0. The van der Waals surface area contributed by atoms with Crippen molar-refractivity contribution in [1.29, 1.82) is 0 Å². The lowest BCUT2D eigenvalue weighted by molar-refractivity contribution is 0.285. The van der Waals surface area contributed by atoms with Crippen LogP contribution in [-0.2, 0) is 6.42 Å². The van der Waals surface area contributed by atoms with Crippen LogP contribution >= 0.6 is 0 Å². The highest BCUT2D eigenvalue weighted by atomic mass is 19.2. The summed E-state index contributed by atoms with van der Waals surface area (Å²) in [6.07, 6.45) is 11.6. The smallest absolute Gasteiger partial charge is 0.201 e. The van der Waals surface area contributed by atoms with Crippen LogP contribution in [-0.4, -0.2) is 6.61 Å². The molecule has 1 nitrogen and oxygen atoms in total. The zero-order chi connectivity index (χ0) is 28.2. The predicted octanol–water partition coefficient (Wildman–Crippen LogP) is 11.4. The van der Waals surface area contributed by atoms with Gasteiger partial charge in [0.1, 0.15) is 0 Å². The number of halogens is 2. The van der Waals surface area contributed by atoms with Gasteiger partial charge >= 0.3 is 0 Å². The van der Waals surface area contributed by atoms with Gasteiger partial charge in [-0.2, -0.15) is 4.39 Å². The summed E-state index contributed by atoms with van der Waals surface area (Å²) < 4.78 is 35.2. The topological polar surface area (TPSA) is 9.23 Å². The van der Waals surface area contributed by atoms with Crippen LogP contribution in [0, 0.1) is 11.6 Å². The zero-order valence-electron chi connectivity index (χ0n) is 24.0. The highest BCUT2D eigenvalue weighted by Crippen LogP contribution is 2.32. The maximum absolute atomic E-state index is 14.9. The lowest BCUT2D eigenvalue weighted by Crippen LogP contribution is -2.01. The largest absolute Gasteiger partial charge is 0.490 e. The molecule has 0 saturated carbocycles. The van der Waals surface area contributed by atoms with E-state index in [1.807, 2.05) is 24.3 Å².